The summed E-state index contributed by atoms with van der Waals surface area (Å²) in [5, 5.41) is 109. The van der Waals surface area contributed by atoms with Gasteiger partial charge in [0.15, 0.2) is 12.6 Å². The molecule has 3 fully saturated rings. The van der Waals surface area contributed by atoms with E-state index in [1.807, 2.05) is 0 Å². The maximum absolute atomic E-state index is 12.5. The van der Waals surface area contributed by atoms with E-state index in [4.69, 9.17) is 34.2 Å². The van der Waals surface area contributed by atoms with Gasteiger partial charge in [0.05, 0.1) is 38.6 Å². The summed E-state index contributed by atoms with van der Waals surface area (Å²) in [6, 6.07) is -2.76. The molecule has 14 N–H and O–H groups in total. The molecule has 3 aliphatic heterocycles. The smallest absolute Gasteiger partial charge is 0.364 e. The zero-order valence-electron chi connectivity index (χ0n) is 27.3. The Morgan fingerprint density at radius 2 is 1.52 bits per heavy atom. The van der Waals surface area contributed by atoms with Crippen molar-refractivity contribution in [2.45, 2.75) is 124 Å². The molecule has 0 bridgehead atoms. The number of amides is 2. The Balaban J connectivity index is 1.83. The lowest BCUT2D eigenvalue weighted by Crippen LogP contribution is -2.69. The van der Waals surface area contributed by atoms with Gasteiger partial charge in [-0.15, -0.1) is 0 Å². The molecule has 0 aromatic heterocycles. The van der Waals surface area contributed by atoms with Crippen molar-refractivity contribution in [2.75, 3.05) is 33.0 Å². The van der Waals surface area contributed by atoms with Gasteiger partial charge in [0.2, 0.25) is 11.8 Å². The largest absolute Gasteiger partial charge is 0.477 e. The van der Waals surface area contributed by atoms with Crippen LogP contribution in [-0.2, 0) is 42.8 Å². The van der Waals surface area contributed by atoms with E-state index in [0.29, 0.717) is 6.42 Å². The third-order valence-corrected chi connectivity index (χ3v) is 8.48. The van der Waals surface area contributed by atoms with Crippen molar-refractivity contribution in [3.63, 3.8) is 0 Å². The van der Waals surface area contributed by atoms with Crippen LogP contribution in [0.5, 0.6) is 0 Å². The number of nitrogens with one attached hydrogen (secondary N) is 2. The van der Waals surface area contributed by atoms with Crippen LogP contribution in [-0.4, -0.2) is 199 Å². The van der Waals surface area contributed by atoms with Crippen LogP contribution in [0.25, 0.3) is 0 Å². The zero-order valence-corrected chi connectivity index (χ0v) is 27.3. The molecule has 3 aliphatic rings. The van der Waals surface area contributed by atoms with Gasteiger partial charge >= 0.3 is 5.97 Å². The van der Waals surface area contributed by atoms with Gasteiger partial charge < -0.3 is 95.9 Å². The molecule has 3 rings (SSSR count). The topological polar surface area (TPSA) is 359 Å². The second-order valence-electron chi connectivity index (χ2n) is 12.3. The van der Waals surface area contributed by atoms with Crippen LogP contribution >= 0.6 is 0 Å². The first-order valence-electron chi connectivity index (χ1n) is 15.9. The number of aliphatic hydroxyl groups excluding tert-OH is 9. The van der Waals surface area contributed by atoms with Crippen LogP contribution in [0.2, 0.25) is 0 Å². The standard InChI is InChI=1S/C28H49N3O19/c1-10(34)30-16-12(36)6-28(27(43)44,50-24(16)18(38)13(37)7-32)46-9-15-19(39)21(41)22(42)26(48-15)49-23-14(8-33)47-25(45-5-3-4-29)17(20(23)40)31-11(2)35/h12-26,32-33,36-42H,3-9,29H2,1-2H3,(H,30,34)(H,31,35)(H,43,44)/t12-,13?,14?,15?,16-,17+,18?,19+,20?,21?,22+,23-,24?,25-,26+,28-/m1/s1. The number of carbonyl (C=O) groups excluding carboxylic acids is 2. The van der Waals surface area contributed by atoms with Crippen molar-refractivity contribution < 1.29 is 93.9 Å². The summed E-state index contributed by atoms with van der Waals surface area (Å²) in [6.07, 6.45) is -23.6. The minimum atomic E-state index is -2.84. The highest BCUT2D eigenvalue weighted by molar-refractivity contribution is 5.76. The van der Waals surface area contributed by atoms with Crippen LogP contribution in [0.3, 0.4) is 0 Å². The van der Waals surface area contributed by atoms with E-state index in [0.717, 1.165) is 13.8 Å². The van der Waals surface area contributed by atoms with Gasteiger partial charge in [0.25, 0.3) is 5.79 Å². The molecule has 0 aromatic rings. The van der Waals surface area contributed by atoms with Crippen LogP contribution in [0, 0.1) is 0 Å². The summed E-state index contributed by atoms with van der Waals surface area (Å²) >= 11 is 0. The summed E-state index contributed by atoms with van der Waals surface area (Å²) in [5.74, 6) is -6.02. The molecular formula is C28H49N3O19. The lowest BCUT2D eigenvalue weighted by Gasteiger charge is -2.48. The molecule has 0 aromatic carbocycles. The van der Waals surface area contributed by atoms with E-state index >= 15 is 0 Å². The van der Waals surface area contributed by atoms with E-state index in [9.17, 15) is 65.4 Å². The highest BCUT2D eigenvalue weighted by atomic mass is 16.8. The first kappa shape index (κ1) is 42.2. The van der Waals surface area contributed by atoms with Crippen molar-refractivity contribution in [2.24, 2.45) is 5.73 Å². The lowest BCUT2D eigenvalue weighted by molar-refractivity contribution is -0.360. The summed E-state index contributed by atoms with van der Waals surface area (Å²) in [4.78, 5) is 36.2. The zero-order chi connectivity index (χ0) is 37.5. The number of rotatable bonds is 16. The van der Waals surface area contributed by atoms with Gasteiger partial charge in [0, 0.05) is 20.3 Å². The van der Waals surface area contributed by atoms with E-state index in [-0.39, 0.29) is 13.2 Å². The van der Waals surface area contributed by atoms with Crippen LogP contribution in [0.1, 0.15) is 26.7 Å². The Morgan fingerprint density at radius 1 is 0.900 bits per heavy atom. The number of carboxylic acids is 1. The average molecular weight is 732 g/mol. The first-order valence-corrected chi connectivity index (χ1v) is 15.9. The van der Waals surface area contributed by atoms with E-state index in [1.54, 1.807) is 0 Å². The second kappa shape index (κ2) is 18.5. The Kier molecular flexibility index (Phi) is 15.6. The molecule has 0 aliphatic carbocycles. The number of hydrogen-bond acceptors (Lipinski definition) is 19. The van der Waals surface area contributed by atoms with Gasteiger partial charge in [-0.05, 0) is 13.0 Å². The maximum Gasteiger partial charge on any atom is 0.364 e. The molecule has 0 spiro atoms. The van der Waals surface area contributed by atoms with E-state index in [2.05, 4.69) is 10.6 Å². The van der Waals surface area contributed by atoms with Crippen molar-refractivity contribution in [1.82, 2.24) is 10.6 Å². The molecule has 3 saturated heterocycles. The average Bonchev–Trinajstić information content (AvgIpc) is 3.06. The third-order valence-electron chi connectivity index (χ3n) is 8.48. The normalized spacial score (nSPS) is 40.4. The number of nitrogens with two attached hydrogens (primary N) is 1. The predicted octanol–water partition coefficient (Wildman–Crippen LogP) is -7.71. The molecule has 0 radical (unpaired) electrons. The fraction of sp³-hybridized carbons (Fsp3) is 0.893. The monoisotopic (exact) mass is 731 g/mol. The number of hydrogen-bond donors (Lipinski definition) is 13. The number of carboxylic acid groups (broad SMARTS) is 1. The Hall–Kier alpha value is -2.23. The molecule has 16 atom stereocenters. The van der Waals surface area contributed by atoms with Crippen molar-refractivity contribution in [1.29, 1.82) is 0 Å². The van der Waals surface area contributed by atoms with E-state index < -0.39 is 142 Å². The van der Waals surface area contributed by atoms with Gasteiger partial charge in [-0.2, -0.15) is 0 Å². The van der Waals surface area contributed by atoms with Crippen LogP contribution < -0.4 is 16.4 Å². The number of ether oxygens (including phenoxy) is 6. The minimum Gasteiger partial charge on any atom is -0.477 e. The minimum absolute atomic E-state index is 0.0675. The number of aliphatic hydroxyl groups is 9. The fourth-order valence-electron chi connectivity index (χ4n) is 5.86. The molecule has 22 nitrogen and oxygen atoms in total. The van der Waals surface area contributed by atoms with Crippen molar-refractivity contribution in [3.05, 3.63) is 0 Å². The van der Waals surface area contributed by atoms with Crippen molar-refractivity contribution >= 4 is 17.8 Å². The quantitative estimate of drug-likeness (QED) is 0.0655. The predicted molar refractivity (Wildman–Crippen MR) is 159 cm³/mol. The highest BCUT2D eigenvalue weighted by Crippen LogP contribution is 2.35. The van der Waals surface area contributed by atoms with Crippen LogP contribution in [0.15, 0.2) is 0 Å². The van der Waals surface area contributed by atoms with Crippen molar-refractivity contribution in [3.8, 4) is 0 Å². The number of aliphatic carboxylic acids is 1. The Labute approximate surface area is 285 Å². The summed E-state index contributed by atoms with van der Waals surface area (Å²) in [5.41, 5.74) is 5.49. The highest BCUT2D eigenvalue weighted by Gasteiger charge is 2.57. The molecule has 50 heavy (non-hydrogen) atoms. The summed E-state index contributed by atoms with van der Waals surface area (Å²) in [6.45, 7) is -0.200. The SMILES string of the molecule is CC(=O)N[C@H]1C(O)[C@H](O[C@@H]2OC(CO[C@]3(C(=O)O)C[C@@H](O)[C@@H](NC(C)=O)C(C(O)C(O)CO)O3)[C@H](O)C(O)[C@@H]2O)C(CO)O[C@H]1OCCCN. The molecule has 0 saturated carbocycles. The first-order chi connectivity index (χ1) is 23.5. The molecule has 22 heteroatoms. The summed E-state index contributed by atoms with van der Waals surface area (Å²) < 4.78 is 33.7. The van der Waals surface area contributed by atoms with E-state index in [1.165, 1.54) is 0 Å². The van der Waals surface area contributed by atoms with Crippen LogP contribution in [0.4, 0.5) is 0 Å². The summed E-state index contributed by atoms with van der Waals surface area (Å²) in [7, 11) is 0. The molecule has 2 amide bonds. The molecule has 290 valence electrons. The lowest BCUT2D eigenvalue weighted by atomic mass is 9.88. The van der Waals surface area contributed by atoms with Gasteiger partial charge in [-0.25, -0.2) is 4.79 Å². The van der Waals surface area contributed by atoms with Gasteiger partial charge in [0.1, 0.15) is 67.1 Å². The van der Waals surface area contributed by atoms with Gasteiger partial charge in [-0.1, -0.05) is 0 Å². The fourth-order valence-corrected chi connectivity index (χ4v) is 5.86. The second-order valence-corrected chi connectivity index (χ2v) is 12.3. The maximum atomic E-state index is 12.5. The Bertz CT molecular complexity index is 1120. The Morgan fingerprint density at radius 3 is 2.08 bits per heavy atom. The molecule has 3 heterocycles. The van der Waals surface area contributed by atoms with Gasteiger partial charge in [-0.3, -0.25) is 9.59 Å². The third kappa shape index (κ3) is 9.80. The number of carbonyl (C=O) groups is 3. The molecule has 7 unspecified atom stereocenters. The molecular weight excluding hydrogens is 682 g/mol.